The maximum atomic E-state index is 16.5. The number of alkyl halides is 2. The second-order valence-electron chi connectivity index (χ2n) is 12.0. The van der Waals surface area contributed by atoms with E-state index in [-0.39, 0.29) is 24.1 Å². The summed E-state index contributed by atoms with van der Waals surface area (Å²) < 4.78 is 68.6. The van der Waals surface area contributed by atoms with Crippen LogP contribution in [0.3, 0.4) is 0 Å². The second kappa shape index (κ2) is 12.4. The van der Waals surface area contributed by atoms with E-state index in [0.29, 0.717) is 33.0 Å². The topological polar surface area (TPSA) is 104 Å². The number of nitrogens with one attached hydrogen (secondary N) is 2. The molecule has 242 valence electrons. The first-order chi connectivity index (χ1) is 22.6. The summed E-state index contributed by atoms with van der Waals surface area (Å²) in [6.45, 7) is 0.0227. The zero-order chi connectivity index (χ0) is 32.8. The zero-order valence-electron chi connectivity index (χ0n) is 25.1. The molecule has 2 aliphatic rings. The van der Waals surface area contributed by atoms with Gasteiger partial charge in [0.05, 0.1) is 29.4 Å². The van der Waals surface area contributed by atoms with E-state index in [4.69, 9.17) is 16.3 Å². The minimum absolute atomic E-state index is 0.000779. The van der Waals surface area contributed by atoms with E-state index in [0.717, 1.165) is 36.6 Å². The standard InChI is InChI=1S/C35H31ClF2N4O4S/c36-28-13-7-23(8-14-28)22-5-11-27(12-6-22)35(37,38)33(34(43)42-20-26-19-39-40-32(26)21-42)41-47(44,45)31-16-10-24-17-30(15-9-25(24)18-31)46-29-3-1-2-4-29/h5-19,29,33,41H,1-4,20-21H2,(H,39,40). The normalized spacial score (nSPS) is 16.0. The Labute approximate surface area is 275 Å². The van der Waals surface area contributed by atoms with Gasteiger partial charge in [-0.15, -0.1) is 0 Å². The van der Waals surface area contributed by atoms with Crippen molar-refractivity contribution in [1.82, 2.24) is 19.8 Å². The maximum Gasteiger partial charge on any atom is 0.298 e. The highest BCUT2D eigenvalue weighted by Gasteiger charge is 2.50. The van der Waals surface area contributed by atoms with Crippen LogP contribution in [0.1, 0.15) is 42.5 Å². The lowest BCUT2D eigenvalue weighted by Gasteiger charge is -2.30. The molecular formula is C35H31ClF2N4O4S. The Balaban J connectivity index is 1.18. The third-order valence-corrected chi connectivity index (χ3v) is 10.5. The Morgan fingerprint density at radius 1 is 0.936 bits per heavy atom. The number of sulfonamides is 1. The van der Waals surface area contributed by atoms with E-state index in [2.05, 4.69) is 14.9 Å². The number of aromatic amines is 1. The summed E-state index contributed by atoms with van der Waals surface area (Å²) in [7, 11) is -4.60. The Morgan fingerprint density at radius 2 is 1.60 bits per heavy atom. The fourth-order valence-corrected chi connectivity index (χ4v) is 7.59. The first-order valence-corrected chi connectivity index (χ1v) is 17.2. The van der Waals surface area contributed by atoms with Crippen LogP contribution in [0.5, 0.6) is 5.75 Å². The van der Waals surface area contributed by atoms with E-state index in [1.54, 1.807) is 42.5 Å². The maximum absolute atomic E-state index is 16.5. The van der Waals surface area contributed by atoms with E-state index in [9.17, 15) is 13.2 Å². The molecule has 12 heteroatoms. The summed E-state index contributed by atoms with van der Waals surface area (Å²) in [5.74, 6) is -4.28. The van der Waals surface area contributed by atoms with Crippen molar-refractivity contribution in [3.8, 4) is 16.9 Å². The molecule has 1 amide bonds. The Hall–Kier alpha value is -4.32. The van der Waals surface area contributed by atoms with Crippen LogP contribution in [0.2, 0.25) is 5.02 Å². The predicted octanol–water partition coefficient (Wildman–Crippen LogP) is 7.19. The SMILES string of the molecule is O=C(C(NS(=O)(=O)c1ccc2cc(OC3CCCC3)ccc2c1)C(F)(F)c1ccc(-c2ccc(Cl)cc2)cc1)N1Cc2cn[nH]c2C1. The molecule has 4 aromatic carbocycles. The van der Waals surface area contributed by atoms with Gasteiger partial charge in [-0.2, -0.15) is 18.6 Å². The van der Waals surface area contributed by atoms with Crippen LogP contribution in [-0.4, -0.2) is 41.6 Å². The number of benzene rings is 4. The van der Waals surface area contributed by atoms with Gasteiger partial charge in [0.25, 0.3) is 5.92 Å². The number of hydrogen-bond donors (Lipinski definition) is 2. The van der Waals surface area contributed by atoms with Gasteiger partial charge in [0.1, 0.15) is 5.75 Å². The quantitative estimate of drug-likeness (QED) is 0.172. The van der Waals surface area contributed by atoms with Crippen molar-refractivity contribution in [2.75, 3.05) is 0 Å². The summed E-state index contributed by atoms with van der Waals surface area (Å²) in [6, 6.07) is 19.6. The van der Waals surface area contributed by atoms with Crippen LogP contribution in [0.25, 0.3) is 21.9 Å². The number of fused-ring (bicyclic) bond motifs is 2. The molecule has 1 atom stereocenters. The van der Waals surface area contributed by atoms with Gasteiger partial charge in [0, 0.05) is 22.7 Å². The summed E-state index contributed by atoms with van der Waals surface area (Å²) in [5, 5.41) is 8.57. The molecule has 8 nitrogen and oxygen atoms in total. The van der Waals surface area contributed by atoms with Crippen molar-refractivity contribution in [1.29, 1.82) is 0 Å². The van der Waals surface area contributed by atoms with Gasteiger partial charge in [-0.1, -0.05) is 60.1 Å². The lowest BCUT2D eigenvalue weighted by Crippen LogP contribution is -2.55. The first kappa shape index (κ1) is 31.3. The minimum Gasteiger partial charge on any atom is -0.490 e. The number of rotatable bonds is 9. The van der Waals surface area contributed by atoms with E-state index in [1.165, 1.54) is 47.5 Å². The fourth-order valence-electron chi connectivity index (χ4n) is 6.24. The number of aromatic nitrogens is 2. The lowest BCUT2D eigenvalue weighted by atomic mass is 9.97. The van der Waals surface area contributed by atoms with Gasteiger partial charge in [-0.25, -0.2) is 8.42 Å². The van der Waals surface area contributed by atoms with Gasteiger partial charge in [0.2, 0.25) is 15.9 Å². The summed E-state index contributed by atoms with van der Waals surface area (Å²) in [4.78, 5) is 14.8. The third kappa shape index (κ3) is 6.35. The number of halogens is 3. The van der Waals surface area contributed by atoms with Gasteiger partial charge in [-0.3, -0.25) is 9.89 Å². The number of carbonyl (C=O) groups excluding carboxylic acids is 1. The highest BCUT2D eigenvalue weighted by molar-refractivity contribution is 7.89. The van der Waals surface area contributed by atoms with Crippen LogP contribution in [0.15, 0.2) is 96.0 Å². The van der Waals surface area contributed by atoms with Gasteiger partial charge >= 0.3 is 0 Å². The number of amides is 1. The van der Waals surface area contributed by atoms with Crippen molar-refractivity contribution in [2.45, 2.75) is 61.7 Å². The Bertz CT molecular complexity index is 2030. The summed E-state index contributed by atoms with van der Waals surface area (Å²) in [6.07, 6.45) is 5.94. The van der Waals surface area contributed by atoms with E-state index >= 15 is 8.78 Å². The molecule has 2 N–H and O–H groups in total. The molecule has 1 aliphatic heterocycles. The van der Waals surface area contributed by atoms with Crippen molar-refractivity contribution < 1.29 is 26.7 Å². The minimum atomic E-state index is -4.60. The van der Waals surface area contributed by atoms with Crippen LogP contribution < -0.4 is 9.46 Å². The third-order valence-electron chi connectivity index (χ3n) is 8.86. The smallest absolute Gasteiger partial charge is 0.298 e. The molecule has 1 unspecified atom stereocenters. The molecule has 7 rings (SSSR count). The highest BCUT2D eigenvalue weighted by atomic mass is 35.5. The molecular weight excluding hydrogens is 646 g/mol. The fraction of sp³-hybridized carbons (Fsp3) is 0.257. The van der Waals surface area contributed by atoms with Gasteiger partial charge in [0.15, 0.2) is 6.04 Å². The summed E-state index contributed by atoms with van der Waals surface area (Å²) in [5.41, 5.74) is 2.20. The van der Waals surface area contributed by atoms with E-state index in [1.807, 2.05) is 6.07 Å². The van der Waals surface area contributed by atoms with Crippen LogP contribution in [0, 0.1) is 0 Å². The largest absolute Gasteiger partial charge is 0.490 e. The number of ether oxygens (including phenoxy) is 1. The predicted molar refractivity (Wildman–Crippen MR) is 175 cm³/mol. The first-order valence-electron chi connectivity index (χ1n) is 15.3. The number of nitrogens with zero attached hydrogens (tertiary/aromatic N) is 2. The Morgan fingerprint density at radius 3 is 2.30 bits per heavy atom. The average Bonchev–Trinajstić information content (AvgIpc) is 3.83. The molecule has 0 radical (unpaired) electrons. The van der Waals surface area contributed by atoms with Gasteiger partial charge < -0.3 is 9.64 Å². The van der Waals surface area contributed by atoms with Crippen molar-refractivity contribution in [2.24, 2.45) is 0 Å². The molecule has 47 heavy (non-hydrogen) atoms. The monoisotopic (exact) mass is 676 g/mol. The molecule has 0 spiro atoms. The number of H-pyrrole nitrogens is 1. The average molecular weight is 677 g/mol. The molecule has 0 bridgehead atoms. The molecule has 2 heterocycles. The highest BCUT2D eigenvalue weighted by Crippen LogP contribution is 2.37. The number of hydrogen-bond acceptors (Lipinski definition) is 5. The molecule has 0 saturated heterocycles. The van der Waals surface area contributed by atoms with Crippen molar-refractivity contribution in [3.05, 3.63) is 113 Å². The molecule has 1 aliphatic carbocycles. The molecule has 1 saturated carbocycles. The molecule has 1 aromatic heterocycles. The van der Waals surface area contributed by atoms with Gasteiger partial charge in [-0.05, 0) is 84.0 Å². The summed E-state index contributed by atoms with van der Waals surface area (Å²) >= 11 is 5.98. The Kier molecular flexibility index (Phi) is 8.23. The lowest BCUT2D eigenvalue weighted by molar-refractivity contribution is -0.145. The van der Waals surface area contributed by atoms with Crippen molar-refractivity contribution >= 4 is 38.3 Å². The number of carbonyl (C=O) groups is 1. The second-order valence-corrected chi connectivity index (χ2v) is 14.2. The molecule has 1 fully saturated rings. The van der Waals surface area contributed by atoms with Crippen LogP contribution in [0.4, 0.5) is 8.78 Å². The zero-order valence-corrected chi connectivity index (χ0v) is 26.7. The molecule has 5 aromatic rings. The van der Waals surface area contributed by atoms with Crippen molar-refractivity contribution in [3.63, 3.8) is 0 Å². The van der Waals surface area contributed by atoms with E-state index < -0.39 is 33.5 Å². The van der Waals surface area contributed by atoms with Crippen LogP contribution in [-0.2, 0) is 33.8 Å². The van der Waals surface area contributed by atoms with Crippen LogP contribution >= 0.6 is 11.6 Å².